The third-order valence-corrected chi connectivity index (χ3v) is 3.15. The third-order valence-electron chi connectivity index (χ3n) is 3.15. The van der Waals surface area contributed by atoms with E-state index >= 15 is 0 Å². The van der Waals surface area contributed by atoms with Crippen LogP contribution in [-0.2, 0) is 4.79 Å². The van der Waals surface area contributed by atoms with Crippen molar-refractivity contribution in [1.29, 1.82) is 0 Å². The van der Waals surface area contributed by atoms with Gasteiger partial charge in [0.1, 0.15) is 18.0 Å². The van der Waals surface area contributed by atoms with E-state index in [9.17, 15) is 9.18 Å². The number of hydrogen-bond acceptors (Lipinski definition) is 3. The highest BCUT2D eigenvalue weighted by Gasteiger charge is 2.17. The number of amides is 1. The molecule has 6 heteroatoms. The Morgan fingerprint density at radius 3 is 2.80 bits per heavy atom. The second-order valence-electron chi connectivity index (χ2n) is 4.79. The third kappa shape index (κ3) is 3.40. The highest BCUT2D eigenvalue weighted by Crippen LogP contribution is 2.22. The van der Waals surface area contributed by atoms with Crippen LogP contribution in [0.15, 0.2) is 30.6 Å². The SMILES string of the molecule is CC(CC(=O)NC(C)c1ncn[nH]1)c1ccccc1F. The molecular weight excluding hydrogens is 259 g/mol. The largest absolute Gasteiger partial charge is 0.346 e. The molecule has 0 spiro atoms. The maximum absolute atomic E-state index is 13.6. The Morgan fingerprint density at radius 2 is 2.15 bits per heavy atom. The summed E-state index contributed by atoms with van der Waals surface area (Å²) in [4.78, 5) is 15.9. The van der Waals surface area contributed by atoms with E-state index < -0.39 is 0 Å². The average molecular weight is 276 g/mol. The lowest BCUT2D eigenvalue weighted by Crippen LogP contribution is -2.28. The second-order valence-corrected chi connectivity index (χ2v) is 4.79. The number of carbonyl (C=O) groups excluding carboxylic acids is 1. The first kappa shape index (κ1) is 14.2. The molecule has 0 saturated heterocycles. The van der Waals surface area contributed by atoms with Crippen LogP contribution < -0.4 is 5.32 Å². The molecule has 0 aliphatic carbocycles. The zero-order valence-electron chi connectivity index (χ0n) is 11.4. The molecule has 2 unspecified atom stereocenters. The Kier molecular flexibility index (Phi) is 4.45. The molecule has 1 aromatic heterocycles. The molecule has 2 rings (SSSR count). The van der Waals surface area contributed by atoms with Gasteiger partial charge in [0.2, 0.25) is 5.91 Å². The van der Waals surface area contributed by atoms with Gasteiger partial charge >= 0.3 is 0 Å². The number of H-pyrrole nitrogens is 1. The molecule has 106 valence electrons. The lowest BCUT2D eigenvalue weighted by atomic mass is 9.97. The highest BCUT2D eigenvalue weighted by atomic mass is 19.1. The van der Waals surface area contributed by atoms with Crippen LogP contribution in [0.1, 0.15) is 43.6 Å². The highest BCUT2D eigenvalue weighted by molar-refractivity contribution is 5.77. The standard InChI is InChI=1S/C14H17FN4O/c1-9(11-5-3-4-6-12(11)15)7-13(20)18-10(2)14-16-8-17-19-14/h3-6,8-10H,7H2,1-2H3,(H,18,20)(H,16,17,19). The Hall–Kier alpha value is -2.24. The first-order chi connectivity index (χ1) is 9.58. The number of aromatic amines is 1. The lowest BCUT2D eigenvalue weighted by Gasteiger charge is -2.15. The van der Waals surface area contributed by atoms with Gasteiger partial charge in [-0.25, -0.2) is 9.37 Å². The first-order valence-electron chi connectivity index (χ1n) is 6.47. The predicted molar refractivity (Wildman–Crippen MR) is 72.4 cm³/mol. The van der Waals surface area contributed by atoms with Crippen LogP contribution in [0.5, 0.6) is 0 Å². The molecule has 0 fully saturated rings. The maximum Gasteiger partial charge on any atom is 0.221 e. The fraction of sp³-hybridized carbons (Fsp3) is 0.357. The molecule has 1 amide bonds. The van der Waals surface area contributed by atoms with Gasteiger partial charge in [0, 0.05) is 6.42 Å². The van der Waals surface area contributed by atoms with E-state index in [-0.39, 0.29) is 30.1 Å². The molecule has 2 N–H and O–H groups in total. The van der Waals surface area contributed by atoms with Gasteiger partial charge in [0.25, 0.3) is 0 Å². The van der Waals surface area contributed by atoms with Gasteiger partial charge in [-0.15, -0.1) is 0 Å². The summed E-state index contributed by atoms with van der Waals surface area (Å²) in [5.41, 5.74) is 0.551. The minimum Gasteiger partial charge on any atom is -0.346 e. The molecular formula is C14H17FN4O. The number of hydrogen-bond donors (Lipinski definition) is 2. The van der Waals surface area contributed by atoms with E-state index in [1.807, 2.05) is 13.8 Å². The number of nitrogens with zero attached hydrogens (tertiary/aromatic N) is 2. The molecule has 5 nitrogen and oxygen atoms in total. The smallest absolute Gasteiger partial charge is 0.221 e. The summed E-state index contributed by atoms with van der Waals surface area (Å²) < 4.78 is 13.6. The first-order valence-corrected chi connectivity index (χ1v) is 6.47. The molecule has 0 aliphatic rings. The summed E-state index contributed by atoms with van der Waals surface area (Å²) in [5.74, 6) is -0.0178. The number of benzene rings is 1. The molecule has 2 aromatic rings. The van der Waals surface area contributed by atoms with Crippen molar-refractivity contribution in [3.63, 3.8) is 0 Å². The van der Waals surface area contributed by atoms with Gasteiger partial charge in [-0.05, 0) is 24.5 Å². The van der Waals surface area contributed by atoms with Crippen LogP contribution >= 0.6 is 0 Å². The quantitative estimate of drug-likeness (QED) is 0.880. The monoisotopic (exact) mass is 276 g/mol. The Bertz CT molecular complexity index is 570. The van der Waals surface area contributed by atoms with E-state index in [2.05, 4.69) is 20.5 Å². The van der Waals surface area contributed by atoms with Gasteiger partial charge in [0.05, 0.1) is 6.04 Å². The topological polar surface area (TPSA) is 70.7 Å². The summed E-state index contributed by atoms with van der Waals surface area (Å²) in [6, 6.07) is 6.26. The molecule has 2 atom stereocenters. The van der Waals surface area contributed by atoms with Crippen molar-refractivity contribution in [3.05, 3.63) is 47.8 Å². The summed E-state index contributed by atoms with van der Waals surface area (Å²) in [5, 5.41) is 9.24. The van der Waals surface area contributed by atoms with Gasteiger partial charge in [-0.2, -0.15) is 5.10 Å². The minimum absolute atomic E-state index is 0.148. The van der Waals surface area contributed by atoms with Crippen LogP contribution in [0.25, 0.3) is 0 Å². The van der Waals surface area contributed by atoms with Crippen molar-refractivity contribution in [1.82, 2.24) is 20.5 Å². The van der Waals surface area contributed by atoms with Crippen molar-refractivity contribution < 1.29 is 9.18 Å². The Labute approximate surface area is 116 Å². The average Bonchev–Trinajstić information content (AvgIpc) is 2.92. The van der Waals surface area contributed by atoms with Gasteiger partial charge in [-0.3, -0.25) is 9.89 Å². The molecule has 1 heterocycles. The molecule has 0 saturated carbocycles. The second kappa shape index (κ2) is 6.27. The summed E-state index contributed by atoms with van der Waals surface area (Å²) in [7, 11) is 0. The molecule has 0 bridgehead atoms. The zero-order valence-corrected chi connectivity index (χ0v) is 11.4. The van der Waals surface area contributed by atoms with Crippen LogP contribution in [0, 0.1) is 5.82 Å². The fourth-order valence-corrected chi connectivity index (χ4v) is 2.06. The summed E-state index contributed by atoms with van der Waals surface area (Å²) >= 11 is 0. The number of nitrogens with one attached hydrogen (secondary N) is 2. The van der Waals surface area contributed by atoms with Gasteiger partial charge in [-0.1, -0.05) is 25.1 Å². The van der Waals surface area contributed by atoms with E-state index in [0.29, 0.717) is 11.4 Å². The van der Waals surface area contributed by atoms with Crippen LogP contribution in [0.3, 0.4) is 0 Å². The van der Waals surface area contributed by atoms with Crippen molar-refractivity contribution in [3.8, 4) is 0 Å². The molecule has 0 aliphatic heterocycles. The number of aromatic nitrogens is 3. The number of halogens is 1. The summed E-state index contributed by atoms with van der Waals surface area (Å²) in [6.45, 7) is 3.64. The van der Waals surface area contributed by atoms with Gasteiger partial charge < -0.3 is 5.32 Å². The minimum atomic E-state index is -0.281. The maximum atomic E-state index is 13.6. The van der Waals surface area contributed by atoms with E-state index in [1.54, 1.807) is 18.2 Å². The van der Waals surface area contributed by atoms with Crippen molar-refractivity contribution in [2.24, 2.45) is 0 Å². The molecule has 0 radical (unpaired) electrons. The van der Waals surface area contributed by atoms with Crippen molar-refractivity contribution in [2.75, 3.05) is 0 Å². The van der Waals surface area contributed by atoms with Gasteiger partial charge in [0.15, 0.2) is 0 Å². The van der Waals surface area contributed by atoms with E-state index in [1.165, 1.54) is 12.4 Å². The number of rotatable bonds is 5. The number of carbonyl (C=O) groups is 1. The summed E-state index contributed by atoms with van der Waals surface area (Å²) in [6.07, 6.45) is 1.61. The lowest BCUT2D eigenvalue weighted by molar-refractivity contribution is -0.122. The van der Waals surface area contributed by atoms with E-state index in [4.69, 9.17) is 0 Å². The van der Waals surface area contributed by atoms with Crippen LogP contribution in [0.4, 0.5) is 4.39 Å². The van der Waals surface area contributed by atoms with Crippen molar-refractivity contribution in [2.45, 2.75) is 32.2 Å². The Balaban J connectivity index is 1.93. The van der Waals surface area contributed by atoms with Crippen LogP contribution in [0.2, 0.25) is 0 Å². The molecule has 1 aromatic carbocycles. The van der Waals surface area contributed by atoms with E-state index in [0.717, 1.165) is 0 Å². The molecule has 20 heavy (non-hydrogen) atoms. The van der Waals surface area contributed by atoms with Crippen LogP contribution in [-0.4, -0.2) is 21.1 Å². The normalized spacial score (nSPS) is 13.8. The Morgan fingerprint density at radius 1 is 1.40 bits per heavy atom. The zero-order chi connectivity index (χ0) is 14.5. The van der Waals surface area contributed by atoms with Crippen molar-refractivity contribution >= 4 is 5.91 Å². The predicted octanol–water partition coefficient (Wildman–Crippen LogP) is 2.31. The fourth-order valence-electron chi connectivity index (χ4n) is 2.06.